The number of rotatable bonds is 6. The van der Waals surface area contributed by atoms with Gasteiger partial charge in [-0.3, -0.25) is 4.79 Å². The molecule has 3 heteroatoms. The molecule has 0 aliphatic carbocycles. The Balaban J connectivity index is 4.13. The smallest absolute Gasteiger partial charge is 0.234 e. The van der Waals surface area contributed by atoms with Gasteiger partial charge in [-0.25, -0.2) is 0 Å². The van der Waals surface area contributed by atoms with Crippen LogP contribution in [0, 0.1) is 10.8 Å². The van der Waals surface area contributed by atoms with E-state index in [4.69, 9.17) is 11.6 Å². The second kappa shape index (κ2) is 5.74. The number of amides is 1. The molecule has 0 bridgehead atoms. The van der Waals surface area contributed by atoms with Crippen molar-refractivity contribution in [1.29, 1.82) is 0 Å². The van der Waals surface area contributed by atoms with Crippen LogP contribution in [0.4, 0.5) is 0 Å². The van der Waals surface area contributed by atoms with Crippen molar-refractivity contribution in [2.45, 2.75) is 47.5 Å². The van der Waals surface area contributed by atoms with Crippen LogP contribution in [0.5, 0.6) is 0 Å². The van der Waals surface area contributed by atoms with Gasteiger partial charge >= 0.3 is 0 Å². The van der Waals surface area contributed by atoms with Gasteiger partial charge in [0.15, 0.2) is 0 Å². The highest BCUT2D eigenvalue weighted by Crippen LogP contribution is 2.35. The summed E-state index contributed by atoms with van der Waals surface area (Å²) in [5.41, 5.74) is 0.455. The van der Waals surface area contributed by atoms with E-state index in [0.29, 0.717) is 12.0 Å². The molecule has 0 aromatic heterocycles. The minimum Gasteiger partial charge on any atom is -0.355 e. The van der Waals surface area contributed by atoms with Crippen LogP contribution in [0.2, 0.25) is 0 Å². The number of nitrogens with one attached hydrogen (secondary N) is 1. The summed E-state index contributed by atoms with van der Waals surface area (Å²) in [5, 5.41) is 2.85. The van der Waals surface area contributed by atoms with Crippen molar-refractivity contribution in [3.05, 3.63) is 0 Å². The Kier molecular flexibility index (Phi) is 5.65. The highest BCUT2D eigenvalue weighted by Gasteiger charge is 2.27. The summed E-state index contributed by atoms with van der Waals surface area (Å²) < 4.78 is 0. The standard InChI is InChI=1S/C12H24ClNO/c1-6-11(2,3)8-12(4,5)9-14-10(15)7-13/h6-9H2,1-5H3,(H,14,15). The van der Waals surface area contributed by atoms with Crippen molar-refractivity contribution in [2.24, 2.45) is 10.8 Å². The van der Waals surface area contributed by atoms with Gasteiger partial charge in [0.25, 0.3) is 0 Å². The molecule has 0 aliphatic heterocycles. The van der Waals surface area contributed by atoms with Crippen LogP contribution < -0.4 is 5.32 Å². The summed E-state index contributed by atoms with van der Waals surface area (Å²) in [4.78, 5) is 11.1. The Morgan fingerprint density at radius 2 is 1.73 bits per heavy atom. The topological polar surface area (TPSA) is 29.1 Å². The maximum atomic E-state index is 11.1. The predicted molar refractivity (Wildman–Crippen MR) is 66.2 cm³/mol. The summed E-state index contributed by atoms with van der Waals surface area (Å²) in [5.74, 6) is -0.0354. The molecule has 0 rings (SSSR count). The average molecular weight is 234 g/mol. The predicted octanol–water partition coefficient (Wildman–Crippen LogP) is 3.19. The van der Waals surface area contributed by atoms with Crippen LogP contribution in [0.1, 0.15) is 47.5 Å². The summed E-state index contributed by atoms with van der Waals surface area (Å²) in [6, 6.07) is 0. The first-order valence-electron chi connectivity index (χ1n) is 5.55. The summed E-state index contributed by atoms with van der Waals surface area (Å²) in [6.45, 7) is 11.8. The van der Waals surface area contributed by atoms with Crippen molar-refractivity contribution in [1.82, 2.24) is 5.32 Å². The molecule has 0 heterocycles. The van der Waals surface area contributed by atoms with Crippen LogP contribution in [-0.4, -0.2) is 18.3 Å². The lowest BCUT2D eigenvalue weighted by Crippen LogP contribution is -2.37. The fourth-order valence-corrected chi connectivity index (χ4v) is 1.96. The number of carbonyl (C=O) groups is 1. The second-order valence-electron chi connectivity index (χ2n) is 5.77. The number of hydrogen-bond acceptors (Lipinski definition) is 1. The molecule has 0 saturated carbocycles. The molecule has 0 aliphatic rings. The number of carbonyl (C=O) groups excluding carboxylic acids is 1. The van der Waals surface area contributed by atoms with Crippen LogP contribution in [0.15, 0.2) is 0 Å². The van der Waals surface area contributed by atoms with Crippen molar-refractivity contribution in [2.75, 3.05) is 12.4 Å². The summed E-state index contributed by atoms with van der Waals surface area (Å²) >= 11 is 5.43. The molecule has 0 spiro atoms. The highest BCUT2D eigenvalue weighted by molar-refractivity contribution is 6.27. The summed E-state index contributed by atoms with van der Waals surface area (Å²) in [6.07, 6.45) is 2.25. The van der Waals surface area contributed by atoms with Crippen LogP contribution in [-0.2, 0) is 4.79 Å². The SMILES string of the molecule is CCC(C)(C)CC(C)(C)CNC(=O)CCl. The normalized spacial score (nSPS) is 12.7. The molecular formula is C12H24ClNO. The molecule has 0 unspecified atom stereocenters. The van der Waals surface area contributed by atoms with Crippen molar-refractivity contribution in [3.8, 4) is 0 Å². The second-order valence-corrected chi connectivity index (χ2v) is 6.04. The minimum absolute atomic E-state index is 0.0489. The number of halogens is 1. The largest absolute Gasteiger partial charge is 0.355 e. The van der Waals surface area contributed by atoms with Crippen molar-refractivity contribution in [3.63, 3.8) is 0 Å². The monoisotopic (exact) mass is 233 g/mol. The van der Waals surface area contributed by atoms with E-state index in [1.165, 1.54) is 0 Å². The van der Waals surface area contributed by atoms with Gasteiger partial charge in [0.05, 0.1) is 0 Å². The zero-order chi connectivity index (χ0) is 12.1. The lowest BCUT2D eigenvalue weighted by Gasteiger charge is -2.34. The van der Waals surface area contributed by atoms with E-state index in [1.54, 1.807) is 0 Å². The molecule has 0 aromatic rings. The van der Waals surface area contributed by atoms with Crippen LogP contribution in [0.25, 0.3) is 0 Å². The Morgan fingerprint density at radius 1 is 1.20 bits per heavy atom. The lowest BCUT2D eigenvalue weighted by atomic mass is 9.73. The molecule has 1 N–H and O–H groups in total. The molecule has 15 heavy (non-hydrogen) atoms. The molecule has 0 saturated heterocycles. The van der Waals surface area contributed by atoms with Gasteiger partial charge in [-0.15, -0.1) is 11.6 Å². The van der Waals surface area contributed by atoms with Gasteiger partial charge in [-0.05, 0) is 17.3 Å². The molecule has 1 amide bonds. The third-order valence-electron chi connectivity index (χ3n) is 2.80. The van der Waals surface area contributed by atoms with Crippen LogP contribution >= 0.6 is 11.6 Å². The molecule has 2 nitrogen and oxygen atoms in total. The third-order valence-corrected chi connectivity index (χ3v) is 3.04. The zero-order valence-electron chi connectivity index (χ0n) is 10.6. The molecule has 0 atom stereocenters. The van der Waals surface area contributed by atoms with E-state index in [-0.39, 0.29) is 17.2 Å². The van der Waals surface area contributed by atoms with Crippen LogP contribution in [0.3, 0.4) is 0 Å². The maximum Gasteiger partial charge on any atom is 0.234 e. The van der Waals surface area contributed by atoms with Gasteiger partial charge in [0.2, 0.25) is 5.91 Å². The fourth-order valence-electron chi connectivity index (χ4n) is 1.87. The average Bonchev–Trinajstić information content (AvgIpc) is 2.13. The van der Waals surface area contributed by atoms with Gasteiger partial charge in [-0.1, -0.05) is 41.0 Å². The Hall–Kier alpha value is -0.240. The Bertz CT molecular complexity index is 212. The van der Waals surface area contributed by atoms with E-state index >= 15 is 0 Å². The van der Waals surface area contributed by atoms with Gasteiger partial charge < -0.3 is 5.32 Å². The molecule has 90 valence electrons. The Morgan fingerprint density at radius 3 is 2.13 bits per heavy atom. The van der Waals surface area contributed by atoms with E-state index in [1.807, 2.05) is 0 Å². The fraction of sp³-hybridized carbons (Fsp3) is 0.917. The first-order valence-corrected chi connectivity index (χ1v) is 6.08. The molecule has 0 aromatic carbocycles. The van der Waals surface area contributed by atoms with Gasteiger partial charge in [0, 0.05) is 6.54 Å². The van der Waals surface area contributed by atoms with E-state index in [9.17, 15) is 4.79 Å². The molecular weight excluding hydrogens is 210 g/mol. The number of alkyl halides is 1. The third kappa shape index (κ3) is 6.77. The lowest BCUT2D eigenvalue weighted by molar-refractivity contribution is -0.119. The quantitative estimate of drug-likeness (QED) is 0.702. The van der Waals surface area contributed by atoms with Gasteiger partial charge in [0.1, 0.15) is 5.88 Å². The first-order chi connectivity index (χ1) is 6.72. The summed E-state index contributed by atoms with van der Waals surface area (Å²) in [7, 11) is 0. The van der Waals surface area contributed by atoms with Crippen molar-refractivity contribution >= 4 is 17.5 Å². The highest BCUT2D eigenvalue weighted by atomic mass is 35.5. The maximum absolute atomic E-state index is 11.1. The van der Waals surface area contributed by atoms with E-state index in [0.717, 1.165) is 12.8 Å². The number of hydrogen-bond donors (Lipinski definition) is 1. The minimum atomic E-state index is -0.0842. The van der Waals surface area contributed by atoms with Gasteiger partial charge in [-0.2, -0.15) is 0 Å². The first kappa shape index (κ1) is 14.8. The Labute approximate surface area is 98.8 Å². The molecule has 0 fully saturated rings. The molecule has 0 radical (unpaired) electrons. The van der Waals surface area contributed by atoms with Crippen molar-refractivity contribution < 1.29 is 4.79 Å². The van der Waals surface area contributed by atoms with E-state index < -0.39 is 0 Å². The zero-order valence-corrected chi connectivity index (χ0v) is 11.4. The van der Waals surface area contributed by atoms with E-state index in [2.05, 4.69) is 39.9 Å².